The first kappa shape index (κ1) is 12.4. The Morgan fingerprint density at radius 2 is 2.05 bits per heavy atom. The molecule has 1 aromatic heterocycles. The summed E-state index contributed by atoms with van der Waals surface area (Å²) in [5.74, 6) is 0.811. The van der Waals surface area contributed by atoms with Gasteiger partial charge in [-0.15, -0.1) is 0 Å². The van der Waals surface area contributed by atoms with Gasteiger partial charge in [-0.3, -0.25) is 4.57 Å². The van der Waals surface area contributed by atoms with Gasteiger partial charge in [-0.2, -0.15) is 0 Å². The van der Waals surface area contributed by atoms with Crippen LogP contribution < -0.4 is 4.74 Å². The number of hydrogen-bond acceptors (Lipinski definition) is 2. The Hall–Kier alpha value is -1.59. The lowest BCUT2D eigenvalue weighted by Gasteiger charge is -2.06. The molecule has 0 aliphatic rings. The van der Waals surface area contributed by atoms with Crippen LogP contribution in [0.4, 0.5) is 0 Å². The second kappa shape index (κ2) is 4.83. The van der Waals surface area contributed by atoms with Gasteiger partial charge >= 0.3 is 0 Å². The van der Waals surface area contributed by atoms with Gasteiger partial charge in [-0.25, -0.2) is 0 Å². The van der Waals surface area contributed by atoms with Crippen LogP contribution in [0.15, 0.2) is 46.9 Å². The number of fused-ring (bicyclic) bond motifs is 1. The van der Waals surface area contributed by atoms with Gasteiger partial charge in [-0.1, -0.05) is 22.0 Å². The number of nitrogens with zero attached hydrogens (tertiary/aromatic N) is 1. The summed E-state index contributed by atoms with van der Waals surface area (Å²) in [7, 11) is 1.66. The van der Waals surface area contributed by atoms with E-state index in [2.05, 4.69) is 20.9 Å². The molecule has 0 saturated heterocycles. The molecule has 0 atom stereocenters. The zero-order valence-corrected chi connectivity index (χ0v) is 12.6. The van der Waals surface area contributed by atoms with E-state index in [0.717, 1.165) is 26.9 Å². The van der Waals surface area contributed by atoms with Crippen LogP contribution in [-0.4, -0.2) is 16.7 Å². The molecule has 0 radical (unpaired) electrons. The maximum atomic E-state index is 5.41. The first-order valence-corrected chi connectivity index (χ1v) is 6.94. The lowest BCUT2D eigenvalue weighted by Crippen LogP contribution is -1.94. The van der Waals surface area contributed by atoms with Crippen molar-refractivity contribution in [1.82, 2.24) is 9.55 Å². The number of methoxy groups -OCH3 is 1. The minimum Gasteiger partial charge on any atom is -0.497 e. The van der Waals surface area contributed by atoms with Crippen LogP contribution in [0.25, 0.3) is 16.7 Å². The number of H-pyrrole nitrogens is 1. The van der Waals surface area contributed by atoms with Gasteiger partial charge in [0.1, 0.15) is 5.75 Å². The highest BCUT2D eigenvalue weighted by molar-refractivity contribution is 9.10. The Kier molecular flexibility index (Phi) is 3.16. The summed E-state index contributed by atoms with van der Waals surface area (Å²) in [5, 5.41) is 0. The van der Waals surface area contributed by atoms with Crippen LogP contribution in [-0.2, 0) is 0 Å². The second-order valence-corrected chi connectivity index (χ2v) is 5.43. The van der Waals surface area contributed by atoms with Gasteiger partial charge in [0.2, 0.25) is 0 Å². The fourth-order valence-corrected chi connectivity index (χ4v) is 2.76. The molecule has 0 unspecified atom stereocenters. The normalized spacial score (nSPS) is 10.8. The maximum Gasteiger partial charge on any atom is 0.182 e. The average Bonchev–Trinajstić information content (AvgIpc) is 2.73. The minimum absolute atomic E-state index is 0.668. The Bertz CT molecular complexity index is 807. The van der Waals surface area contributed by atoms with Crippen molar-refractivity contribution < 1.29 is 4.74 Å². The van der Waals surface area contributed by atoms with Crippen molar-refractivity contribution in [1.29, 1.82) is 0 Å². The highest BCUT2D eigenvalue weighted by atomic mass is 79.9. The first-order chi connectivity index (χ1) is 9.19. The number of halogens is 1. The summed E-state index contributed by atoms with van der Waals surface area (Å²) in [6.45, 7) is 0. The molecular formula is C14H11BrN2OS. The second-order valence-electron chi connectivity index (χ2n) is 4.13. The molecule has 3 rings (SSSR count). The summed E-state index contributed by atoms with van der Waals surface area (Å²) in [4.78, 5) is 3.21. The van der Waals surface area contributed by atoms with E-state index in [9.17, 15) is 0 Å². The number of nitrogens with one attached hydrogen (secondary N) is 1. The molecule has 3 aromatic rings. The molecule has 0 amide bonds. The third-order valence-corrected chi connectivity index (χ3v) is 3.73. The molecule has 5 heteroatoms. The number of rotatable bonds is 2. The molecule has 0 saturated carbocycles. The molecule has 1 heterocycles. The summed E-state index contributed by atoms with van der Waals surface area (Å²) in [5.41, 5.74) is 3.03. The molecule has 0 fully saturated rings. The first-order valence-electron chi connectivity index (χ1n) is 5.74. The summed E-state index contributed by atoms with van der Waals surface area (Å²) in [6.07, 6.45) is 0. The lowest BCUT2D eigenvalue weighted by molar-refractivity contribution is 0.414. The largest absolute Gasteiger partial charge is 0.497 e. The van der Waals surface area contributed by atoms with Crippen LogP contribution in [0.1, 0.15) is 0 Å². The van der Waals surface area contributed by atoms with Crippen molar-refractivity contribution in [2.75, 3.05) is 7.11 Å². The average molecular weight is 335 g/mol. The number of ether oxygens (including phenoxy) is 1. The molecule has 19 heavy (non-hydrogen) atoms. The molecular weight excluding hydrogens is 324 g/mol. The van der Waals surface area contributed by atoms with E-state index in [4.69, 9.17) is 17.0 Å². The van der Waals surface area contributed by atoms with E-state index in [1.807, 2.05) is 47.0 Å². The SMILES string of the molecule is COc1cccc(-n2c(=S)[nH]c3cc(Br)ccc32)c1. The molecule has 0 aliphatic carbocycles. The third kappa shape index (κ3) is 2.19. The summed E-state index contributed by atoms with van der Waals surface area (Å²) < 4.78 is 8.95. The van der Waals surface area contributed by atoms with Crippen LogP contribution in [0.5, 0.6) is 5.75 Å². The molecule has 0 spiro atoms. The van der Waals surface area contributed by atoms with Crippen LogP contribution in [0.3, 0.4) is 0 Å². The van der Waals surface area contributed by atoms with Gasteiger partial charge < -0.3 is 9.72 Å². The summed E-state index contributed by atoms with van der Waals surface area (Å²) >= 11 is 8.87. The number of benzene rings is 2. The number of imidazole rings is 1. The topological polar surface area (TPSA) is 29.9 Å². The Morgan fingerprint density at radius 1 is 1.21 bits per heavy atom. The van der Waals surface area contributed by atoms with Crippen molar-refractivity contribution in [2.45, 2.75) is 0 Å². The van der Waals surface area contributed by atoms with Crippen molar-refractivity contribution in [3.05, 3.63) is 51.7 Å². The van der Waals surface area contributed by atoms with E-state index < -0.39 is 0 Å². The van der Waals surface area contributed by atoms with E-state index in [0.29, 0.717) is 4.77 Å². The lowest BCUT2D eigenvalue weighted by atomic mass is 10.2. The summed E-state index contributed by atoms with van der Waals surface area (Å²) in [6, 6.07) is 13.9. The van der Waals surface area contributed by atoms with Gasteiger partial charge in [-0.05, 0) is 42.5 Å². The maximum absolute atomic E-state index is 5.41. The van der Waals surface area contributed by atoms with Crippen molar-refractivity contribution in [3.63, 3.8) is 0 Å². The highest BCUT2D eigenvalue weighted by Crippen LogP contribution is 2.24. The molecule has 96 valence electrons. The zero-order valence-electron chi connectivity index (χ0n) is 10.2. The minimum atomic E-state index is 0.668. The van der Waals surface area contributed by atoms with Crippen LogP contribution in [0, 0.1) is 4.77 Å². The van der Waals surface area contributed by atoms with Crippen molar-refractivity contribution in [2.24, 2.45) is 0 Å². The van der Waals surface area contributed by atoms with Crippen LogP contribution in [0.2, 0.25) is 0 Å². The fourth-order valence-electron chi connectivity index (χ4n) is 2.09. The van der Waals surface area contributed by atoms with E-state index in [1.165, 1.54) is 0 Å². The van der Waals surface area contributed by atoms with Gasteiger partial charge in [0, 0.05) is 10.5 Å². The van der Waals surface area contributed by atoms with E-state index >= 15 is 0 Å². The number of aromatic amines is 1. The van der Waals surface area contributed by atoms with Crippen molar-refractivity contribution >= 4 is 39.2 Å². The van der Waals surface area contributed by atoms with Gasteiger partial charge in [0.25, 0.3) is 0 Å². The predicted molar refractivity (Wildman–Crippen MR) is 82.7 cm³/mol. The van der Waals surface area contributed by atoms with Crippen molar-refractivity contribution in [3.8, 4) is 11.4 Å². The molecule has 2 aromatic carbocycles. The number of aromatic nitrogens is 2. The standard InChI is InChI=1S/C14H11BrN2OS/c1-18-11-4-2-3-10(8-11)17-13-6-5-9(15)7-12(13)16-14(17)19/h2-8H,1H3,(H,16,19). The fraction of sp³-hybridized carbons (Fsp3) is 0.0714. The van der Waals surface area contributed by atoms with Gasteiger partial charge in [0.15, 0.2) is 4.77 Å². The number of hydrogen-bond donors (Lipinski definition) is 1. The highest BCUT2D eigenvalue weighted by Gasteiger charge is 2.07. The van der Waals surface area contributed by atoms with E-state index in [-0.39, 0.29) is 0 Å². The molecule has 0 aliphatic heterocycles. The monoisotopic (exact) mass is 334 g/mol. The smallest absolute Gasteiger partial charge is 0.182 e. The molecule has 0 bridgehead atoms. The third-order valence-electron chi connectivity index (χ3n) is 2.96. The quantitative estimate of drug-likeness (QED) is 0.701. The molecule has 3 nitrogen and oxygen atoms in total. The predicted octanol–water partition coefficient (Wildman–Crippen LogP) is 4.46. The Labute approximate surface area is 124 Å². The molecule has 1 N–H and O–H groups in total. The Balaban J connectivity index is 2.29. The van der Waals surface area contributed by atoms with Crippen LogP contribution >= 0.6 is 28.1 Å². The van der Waals surface area contributed by atoms with E-state index in [1.54, 1.807) is 7.11 Å². The van der Waals surface area contributed by atoms with Gasteiger partial charge in [0.05, 0.1) is 23.8 Å². The zero-order chi connectivity index (χ0) is 13.4. The Morgan fingerprint density at radius 3 is 2.84 bits per heavy atom.